The molecule has 2 rings (SSSR count). The largest absolute Gasteiger partial charge is 0.480 e. The Kier molecular flexibility index (Phi) is 3.38. The minimum Gasteiger partial charge on any atom is -0.480 e. The minimum absolute atomic E-state index is 0.00468. The van der Waals surface area contributed by atoms with Crippen molar-refractivity contribution in [2.75, 3.05) is 13.6 Å². The molecule has 0 aromatic rings. The molecule has 0 aromatic heterocycles. The van der Waals surface area contributed by atoms with Crippen molar-refractivity contribution in [3.05, 3.63) is 0 Å². The molecule has 2 aliphatic heterocycles. The number of amides is 2. The minimum atomic E-state index is -0.906. The summed E-state index contributed by atoms with van der Waals surface area (Å²) in [6.45, 7) is 2.45. The summed E-state index contributed by atoms with van der Waals surface area (Å²) < 4.78 is 0. The second-order valence-electron chi connectivity index (χ2n) is 5.15. The number of rotatable bonds is 2. The summed E-state index contributed by atoms with van der Waals surface area (Å²) in [7, 11) is 1.45. The van der Waals surface area contributed by atoms with Gasteiger partial charge in [-0.2, -0.15) is 0 Å². The molecule has 100 valence electrons. The van der Waals surface area contributed by atoms with Crippen LogP contribution in [0, 0.1) is 5.92 Å². The number of aliphatic carboxylic acids is 1. The average Bonchev–Trinajstić information content (AvgIpc) is 2.56. The highest BCUT2D eigenvalue weighted by Gasteiger charge is 2.46. The third-order valence-corrected chi connectivity index (χ3v) is 3.98. The van der Waals surface area contributed by atoms with Crippen molar-refractivity contribution in [1.82, 2.24) is 9.80 Å². The second-order valence-corrected chi connectivity index (χ2v) is 5.15. The number of likely N-dealkylation sites (N-methyl/N-ethyl adjacent to an activating group) is 1. The Balaban J connectivity index is 2.23. The maximum absolute atomic E-state index is 12.0. The lowest BCUT2D eigenvalue weighted by Gasteiger charge is -2.39. The van der Waals surface area contributed by atoms with Crippen molar-refractivity contribution in [1.29, 1.82) is 0 Å². The van der Waals surface area contributed by atoms with Gasteiger partial charge in [-0.25, -0.2) is 0 Å². The van der Waals surface area contributed by atoms with Gasteiger partial charge < -0.3 is 5.11 Å². The Morgan fingerprint density at radius 1 is 1.39 bits per heavy atom. The predicted octanol–water partition coefficient (Wildman–Crippen LogP) is -0.0712. The van der Waals surface area contributed by atoms with Gasteiger partial charge >= 0.3 is 5.97 Å². The van der Waals surface area contributed by atoms with Crippen LogP contribution in [-0.2, 0) is 14.4 Å². The topological polar surface area (TPSA) is 77.9 Å². The molecule has 0 aliphatic carbocycles. The van der Waals surface area contributed by atoms with Gasteiger partial charge in [0.05, 0.1) is 12.5 Å². The van der Waals surface area contributed by atoms with Crippen LogP contribution in [0.15, 0.2) is 0 Å². The van der Waals surface area contributed by atoms with Crippen LogP contribution in [-0.4, -0.2) is 58.4 Å². The molecule has 3 atom stereocenters. The number of piperidine rings is 1. The molecule has 0 saturated carbocycles. The summed E-state index contributed by atoms with van der Waals surface area (Å²) >= 11 is 0. The summed E-state index contributed by atoms with van der Waals surface area (Å²) in [5.41, 5.74) is 0. The Labute approximate surface area is 106 Å². The Morgan fingerprint density at radius 3 is 2.56 bits per heavy atom. The molecule has 0 spiro atoms. The number of carbonyl (C=O) groups excluding carboxylic acids is 2. The van der Waals surface area contributed by atoms with E-state index < -0.39 is 18.1 Å². The average molecular weight is 254 g/mol. The maximum Gasteiger partial charge on any atom is 0.321 e. The molecule has 0 bridgehead atoms. The van der Waals surface area contributed by atoms with Gasteiger partial charge in [0.15, 0.2) is 0 Å². The lowest BCUT2D eigenvalue weighted by molar-refractivity contribution is -0.150. The molecular formula is C12H18N2O4. The number of hydrogen-bond donors (Lipinski definition) is 1. The van der Waals surface area contributed by atoms with Crippen LogP contribution in [0.2, 0.25) is 0 Å². The van der Waals surface area contributed by atoms with Crippen molar-refractivity contribution in [2.24, 2.45) is 5.92 Å². The first kappa shape index (κ1) is 13.0. The molecule has 2 aliphatic rings. The van der Waals surface area contributed by atoms with E-state index in [9.17, 15) is 19.5 Å². The number of nitrogens with zero attached hydrogens (tertiary/aromatic N) is 2. The van der Waals surface area contributed by atoms with Crippen molar-refractivity contribution in [3.63, 3.8) is 0 Å². The van der Waals surface area contributed by atoms with Gasteiger partial charge in [0.1, 0.15) is 6.04 Å². The Bertz CT molecular complexity index is 396. The molecular weight excluding hydrogens is 236 g/mol. The first-order valence-electron chi connectivity index (χ1n) is 6.22. The quantitative estimate of drug-likeness (QED) is 0.698. The van der Waals surface area contributed by atoms with E-state index in [1.54, 1.807) is 4.90 Å². The second kappa shape index (κ2) is 4.68. The maximum atomic E-state index is 12.0. The number of carboxylic acids is 1. The zero-order valence-electron chi connectivity index (χ0n) is 10.6. The van der Waals surface area contributed by atoms with Gasteiger partial charge in [-0.3, -0.25) is 24.2 Å². The summed E-state index contributed by atoms with van der Waals surface area (Å²) in [5.74, 6) is -1.41. The van der Waals surface area contributed by atoms with Crippen LogP contribution in [0.4, 0.5) is 0 Å². The van der Waals surface area contributed by atoms with Gasteiger partial charge in [0.25, 0.3) is 0 Å². The third kappa shape index (κ3) is 2.01. The molecule has 0 radical (unpaired) electrons. The van der Waals surface area contributed by atoms with Gasteiger partial charge in [0.2, 0.25) is 11.8 Å². The van der Waals surface area contributed by atoms with E-state index in [2.05, 4.69) is 0 Å². The van der Waals surface area contributed by atoms with Crippen LogP contribution < -0.4 is 0 Å². The van der Waals surface area contributed by atoms with E-state index in [0.717, 1.165) is 17.7 Å². The number of carbonyl (C=O) groups is 3. The number of imide groups is 1. The van der Waals surface area contributed by atoms with Crippen LogP contribution >= 0.6 is 0 Å². The highest BCUT2D eigenvalue weighted by Crippen LogP contribution is 2.29. The van der Waals surface area contributed by atoms with E-state index in [0.29, 0.717) is 6.54 Å². The highest BCUT2D eigenvalue weighted by molar-refractivity contribution is 6.05. The molecule has 2 heterocycles. The molecule has 2 fully saturated rings. The van der Waals surface area contributed by atoms with Crippen LogP contribution in [0.25, 0.3) is 0 Å². The monoisotopic (exact) mass is 254 g/mol. The number of likely N-dealkylation sites (tertiary alicyclic amines) is 2. The lowest BCUT2D eigenvalue weighted by atomic mass is 9.89. The fraction of sp³-hybridized carbons (Fsp3) is 0.750. The fourth-order valence-electron chi connectivity index (χ4n) is 2.95. The number of carboxylic acid groups (broad SMARTS) is 1. The molecule has 1 N–H and O–H groups in total. The van der Waals surface area contributed by atoms with Gasteiger partial charge in [-0.1, -0.05) is 6.92 Å². The van der Waals surface area contributed by atoms with Crippen molar-refractivity contribution >= 4 is 17.8 Å². The van der Waals surface area contributed by atoms with Crippen LogP contribution in [0.1, 0.15) is 26.2 Å². The molecule has 2 amide bonds. The standard InChI is InChI=1S/C12H18N2O4/c1-7-4-3-5-14(10(7)12(17)18)8-6-9(15)13(2)11(8)16/h7-8,10H,3-6H2,1-2H3,(H,17,18). The van der Waals surface area contributed by atoms with E-state index in [1.165, 1.54) is 7.05 Å². The van der Waals surface area contributed by atoms with Crippen molar-refractivity contribution in [3.8, 4) is 0 Å². The first-order chi connectivity index (χ1) is 8.43. The van der Waals surface area contributed by atoms with Crippen molar-refractivity contribution < 1.29 is 19.5 Å². The molecule has 3 unspecified atom stereocenters. The predicted molar refractivity (Wildman–Crippen MR) is 62.7 cm³/mol. The zero-order valence-corrected chi connectivity index (χ0v) is 10.6. The normalized spacial score (nSPS) is 34.1. The van der Waals surface area contributed by atoms with E-state index >= 15 is 0 Å². The summed E-state index contributed by atoms with van der Waals surface area (Å²) in [6.07, 6.45) is 1.82. The summed E-state index contributed by atoms with van der Waals surface area (Å²) in [4.78, 5) is 37.6. The molecule has 2 saturated heterocycles. The molecule has 6 heteroatoms. The van der Waals surface area contributed by atoms with Crippen molar-refractivity contribution in [2.45, 2.75) is 38.3 Å². The van der Waals surface area contributed by atoms with Gasteiger partial charge in [-0.15, -0.1) is 0 Å². The Hall–Kier alpha value is -1.43. The van der Waals surface area contributed by atoms with E-state index in [-0.39, 0.29) is 24.2 Å². The van der Waals surface area contributed by atoms with Gasteiger partial charge in [0, 0.05) is 7.05 Å². The Morgan fingerprint density at radius 2 is 2.06 bits per heavy atom. The SMILES string of the molecule is CC1CCCN(C2CC(=O)N(C)C2=O)C1C(=O)O. The summed E-state index contributed by atoms with van der Waals surface area (Å²) in [6, 6.07) is -1.25. The summed E-state index contributed by atoms with van der Waals surface area (Å²) in [5, 5.41) is 9.31. The molecule has 6 nitrogen and oxygen atoms in total. The number of hydrogen-bond acceptors (Lipinski definition) is 4. The van der Waals surface area contributed by atoms with Crippen LogP contribution in [0.3, 0.4) is 0 Å². The van der Waals surface area contributed by atoms with Gasteiger partial charge in [-0.05, 0) is 25.3 Å². The first-order valence-corrected chi connectivity index (χ1v) is 6.22. The van der Waals surface area contributed by atoms with E-state index in [1.807, 2.05) is 6.92 Å². The lowest BCUT2D eigenvalue weighted by Crippen LogP contribution is -2.55. The highest BCUT2D eigenvalue weighted by atomic mass is 16.4. The third-order valence-electron chi connectivity index (χ3n) is 3.98. The van der Waals surface area contributed by atoms with E-state index in [4.69, 9.17) is 0 Å². The smallest absolute Gasteiger partial charge is 0.321 e. The van der Waals surface area contributed by atoms with Crippen LogP contribution in [0.5, 0.6) is 0 Å². The fourth-order valence-corrected chi connectivity index (χ4v) is 2.95. The zero-order chi connectivity index (χ0) is 13.4. The molecule has 0 aromatic carbocycles. The molecule has 18 heavy (non-hydrogen) atoms.